The maximum absolute atomic E-state index is 9.37. The fraction of sp³-hybridized carbons (Fsp3) is 0.938. The van der Waals surface area contributed by atoms with E-state index in [9.17, 15) is 5.26 Å². The first-order valence-electron chi connectivity index (χ1n) is 8.26. The van der Waals surface area contributed by atoms with E-state index in [-0.39, 0.29) is 5.92 Å². The number of nitrogens with zero attached hydrogens (tertiary/aromatic N) is 2. The summed E-state index contributed by atoms with van der Waals surface area (Å²) in [5.74, 6) is 0.254. The molecule has 3 aliphatic rings. The molecule has 106 valence electrons. The van der Waals surface area contributed by atoms with Crippen LogP contribution in [0, 0.1) is 17.2 Å². The van der Waals surface area contributed by atoms with E-state index in [0.29, 0.717) is 12.1 Å². The van der Waals surface area contributed by atoms with Gasteiger partial charge in [0.05, 0.1) is 12.0 Å². The van der Waals surface area contributed by atoms with E-state index in [2.05, 4.69) is 16.3 Å². The number of nitrogens with one attached hydrogen (secondary N) is 1. The standard InChI is InChI=1S/C16H27N3/c17-12-13-5-2-1-3-7-16(13)18-14-8-10-19-9-4-6-15(19)11-14/h13-16,18H,1-11H2. The number of piperidine rings is 1. The molecule has 3 fully saturated rings. The Morgan fingerprint density at radius 2 is 1.84 bits per heavy atom. The average molecular weight is 261 g/mol. The Morgan fingerprint density at radius 3 is 2.74 bits per heavy atom. The summed E-state index contributed by atoms with van der Waals surface area (Å²) in [5.41, 5.74) is 0. The predicted octanol–water partition coefficient (Wildman–Crippen LogP) is 2.68. The van der Waals surface area contributed by atoms with Crippen LogP contribution in [0.1, 0.15) is 57.8 Å². The van der Waals surface area contributed by atoms with Gasteiger partial charge in [0.2, 0.25) is 0 Å². The van der Waals surface area contributed by atoms with Crippen LogP contribution >= 0.6 is 0 Å². The molecule has 1 saturated carbocycles. The molecule has 0 aromatic rings. The van der Waals surface area contributed by atoms with Crippen molar-refractivity contribution >= 4 is 0 Å². The molecule has 1 N–H and O–H groups in total. The summed E-state index contributed by atoms with van der Waals surface area (Å²) in [6.45, 7) is 2.59. The number of nitriles is 1. The predicted molar refractivity (Wildman–Crippen MR) is 76.7 cm³/mol. The summed E-state index contributed by atoms with van der Waals surface area (Å²) in [6, 6.07) is 4.52. The average Bonchev–Trinajstić information content (AvgIpc) is 2.78. The lowest BCUT2D eigenvalue weighted by Gasteiger charge is -2.37. The van der Waals surface area contributed by atoms with E-state index in [1.165, 1.54) is 64.5 Å². The van der Waals surface area contributed by atoms with Crippen LogP contribution in [0.25, 0.3) is 0 Å². The third kappa shape index (κ3) is 3.12. The van der Waals surface area contributed by atoms with Crippen molar-refractivity contribution in [1.29, 1.82) is 5.26 Å². The largest absolute Gasteiger partial charge is 0.310 e. The van der Waals surface area contributed by atoms with E-state index < -0.39 is 0 Å². The van der Waals surface area contributed by atoms with E-state index in [1.807, 2.05) is 0 Å². The molecule has 0 aromatic heterocycles. The zero-order valence-corrected chi connectivity index (χ0v) is 12.0. The maximum Gasteiger partial charge on any atom is 0.0672 e. The van der Waals surface area contributed by atoms with Crippen LogP contribution in [0.4, 0.5) is 0 Å². The Balaban J connectivity index is 1.56. The monoisotopic (exact) mass is 261 g/mol. The zero-order chi connectivity index (χ0) is 13.1. The highest BCUT2D eigenvalue weighted by molar-refractivity contribution is 4.97. The SMILES string of the molecule is N#CC1CCCCCC1NC1CCN2CCCC2C1. The first kappa shape index (κ1) is 13.4. The fourth-order valence-corrected chi connectivity index (χ4v) is 4.34. The number of hydrogen-bond donors (Lipinski definition) is 1. The highest BCUT2D eigenvalue weighted by atomic mass is 15.2. The molecule has 3 nitrogen and oxygen atoms in total. The Hall–Kier alpha value is -0.590. The van der Waals surface area contributed by atoms with Crippen LogP contribution < -0.4 is 5.32 Å². The van der Waals surface area contributed by atoms with Crippen LogP contribution in [0.5, 0.6) is 0 Å². The van der Waals surface area contributed by atoms with Gasteiger partial charge in [0, 0.05) is 18.1 Å². The highest BCUT2D eigenvalue weighted by Gasteiger charge is 2.33. The molecule has 2 saturated heterocycles. The lowest BCUT2D eigenvalue weighted by Crippen LogP contribution is -2.50. The summed E-state index contributed by atoms with van der Waals surface area (Å²) < 4.78 is 0. The molecular formula is C16H27N3. The molecule has 4 atom stereocenters. The second kappa shape index (κ2) is 6.24. The Morgan fingerprint density at radius 1 is 0.947 bits per heavy atom. The van der Waals surface area contributed by atoms with Crippen LogP contribution in [-0.2, 0) is 0 Å². The Bertz CT molecular complexity index is 335. The van der Waals surface area contributed by atoms with Crippen molar-refractivity contribution in [3.05, 3.63) is 0 Å². The van der Waals surface area contributed by atoms with E-state index in [0.717, 1.165) is 12.5 Å². The molecule has 2 aliphatic heterocycles. The molecule has 0 spiro atoms. The van der Waals surface area contributed by atoms with Gasteiger partial charge in [-0.2, -0.15) is 5.26 Å². The molecule has 1 aliphatic carbocycles. The van der Waals surface area contributed by atoms with E-state index in [4.69, 9.17) is 0 Å². The highest BCUT2D eigenvalue weighted by Crippen LogP contribution is 2.29. The third-order valence-corrected chi connectivity index (χ3v) is 5.45. The second-order valence-electron chi connectivity index (χ2n) is 6.70. The van der Waals surface area contributed by atoms with Gasteiger partial charge in [0.25, 0.3) is 0 Å². The van der Waals surface area contributed by atoms with Crippen molar-refractivity contribution in [2.24, 2.45) is 5.92 Å². The van der Waals surface area contributed by atoms with Gasteiger partial charge in [-0.05, 0) is 51.6 Å². The lowest BCUT2D eigenvalue weighted by molar-refractivity contribution is 0.155. The minimum absolute atomic E-state index is 0.254. The van der Waals surface area contributed by atoms with Gasteiger partial charge in [-0.15, -0.1) is 0 Å². The Kier molecular flexibility index (Phi) is 4.40. The van der Waals surface area contributed by atoms with Crippen molar-refractivity contribution in [2.45, 2.75) is 75.9 Å². The summed E-state index contributed by atoms with van der Waals surface area (Å²) in [7, 11) is 0. The molecule has 2 heterocycles. The smallest absolute Gasteiger partial charge is 0.0672 e. The van der Waals surface area contributed by atoms with Gasteiger partial charge in [0.15, 0.2) is 0 Å². The van der Waals surface area contributed by atoms with Crippen LogP contribution in [0.15, 0.2) is 0 Å². The minimum atomic E-state index is 0.254. The van der Waals surface area contributed by atoms with Gasteiger partial charge in [-0.25, -0.2) is 0 Å². The van der Waals surface area contributed by atoms with Crippen molar-refractivity contribution in [2.75, 3.05) is 13.1 Å². The molecular weight excluding hydrogens is 234 g/mol. The van der Waals surface area contributed by atoms with Crippen molar-refractivity contribution in [3.8, 4) is 6.07 Å². The minimum Gasteiger partial charge on any atom is -0.310 e. The maximum atomic E-state index is 9.37. The summed E-state index contributed by atoms with van der Waals surface area (Å²) in [4.78, 5) is 2.67. The number of rotatable bonds is 2. The van der Waals surface area contributed by atoms with Gasteiger partial charge in [0.1, 0.15) is 0 Å². The number of hydrogen-bond acceptors (Lipinski definition) is 3. The van der Waals surface area contributed by atoms with Crippen LogP contribution in [0.3, 0.4) is 0 Å². The number of fused-ring (bicyclic) bond motifs is 1. The van der Waals surface area contributed by atoms with E-state index >= 15 is 0 Å². The molecule has 4 unspecified atom stereocenters. The van der Waals surface area contributed by atoms with Gasteiger partial charge in [-0.1, -0.05) is 19.3 Å². The summed E-state index contributed by atoms with van der Waals surface area (Å²) >= 11 is 0. The molecule has 0 radical (unpaired) electrons. The zero-order valence-electron chi connectivity index (χ0n) is 12.0. The normalized spacial score (nSPS) is 40.4. The molecule has 3 rings (SSSR count). The molecule has 0 aromatic carbocycles. The van der Waals surface area contributed by atoms with Gasteiger partial charge < -0.3 is 10.2 Å². The topological polar surface area (TPSA) is 39.1 Å². The first-order valence-corrected chi connectivity index (χ1v) is 8.26. The summed E-state index contributed by atoms with van der Waals surface area (Å²) in [5, 5.41) is 13.2. The molecule has 0 bridgehead atoms. The summed E-state index contributed by atoms with van der Waals surface area (Å²) in [6.07, 6.45) is 11.6. The lowest BCUT2D eigenvalue weighted by atomic mass is 9.92. The fourth-order valence-electron chi connectivity index (χ4n) is 4.34. The van der Waals surface area contributed by atoms with Crippen LogP contribution in [-0.4, -0.2) is 36.1 Å². The van der Waals surface area contributed by atoms with Crippen molar-refractivity contribution in [3.63, 3.8) is 0 Å². The van der Waals surface area contributed by atoms with Crippen LogP contribution in [0.2, 0.25) is 0 Å². The Labute approximate surface area is 117 Å². The van der Waals surface area contributed by atoms with Gasteiger partial charge >= 0.3 is 0 Å². The molecule has 19 heavy (non-hydrogen) atoms. The van der Waals surface area contributed by atoms with Crippen molar-refractivity contribution < 1.29 is 0 Å². The molecule has 0 amide bonds. The molecule has 3 heteroatoms. The van der Waals surface area contributed by atoms with Crippen molar-refractivity contribution in [1.82, 2.24) is 10.2 Å². The third-order valence-electron chi connectivity index (χ3n) is 5.45. The van der Waals surface area contributed by atoms with E-state index in [1.54, 1.807) is 0 Å². The second-order valence-corrected chi connectivity index (χ2v) is 6.70. The quantitative estimate of drug-likeness (QED) is 0.777. The first-order chi connectivity index (χ1) is 9.36. The van der Waals surface area contributed by atoms with Gasteiger partial charge in [-0.3, -0.25) is 0 Å².